The zero-order valence-corrected chi connectivity index (χ0v) is 19.5. The monoisotopic (exact) mass is 423 g/mol. The Hall–Kier alpha value is -2.40. The van der Waals surface area contributed by atoms with Crippen LogP contribution in [0.15, 0.2) is 42.6 Å². The molecule has 0 saturated heterocycles. The number of rotatable bonds is 7. The number of benzene rings is 1. The van der Waals surface area contributed by atoms with Crippen molar-refractivity contribution >= 4 is 22.8 Å². The molecule has 0 fully saturated rings. The molecular formula is C25H33N3OS. The Kier molecular flexibility index (Phi) is 7.48. The molecule has 2 heterocycles. The highest BCUT2D eigenvalue weighted by atomic mass is 32.1. The second kappa shape index (κ2) is 10.1. The van der Waals surface area contributed by atoms with Gasteiger partial charge >= 0.3 is 0 Å². The average molecular weight is 424 g/mol. The van der Waals surface area contributed by atoms with Crippen LogP contribution in [-0.4, -0.2) is 47.4 Å². The maximum absolute atomic E-state index is 13.0. The molecule has 3 rings (SSSR count). The van der Waals surface area contributed by atoms with Crippen LogP contribution in [-0.2, 0) is 24.1 Å². The van der Waals surface area contributed by atoms with Gasteiger partial charge in [-0.25, -0.2) is 4.98 Å². The molecule has 1 amide bonds. The van der Waals surface area contributed by atoms with Crippen LogP contribution in [0.1, 0.15) is 47.0 Å². The van der Waals surface area contributed by atoms with E-state index in [1.807, 2.05) is 11.9 Å². The largest absolute Gasteiger partial charge is 0.369 e. The number of likely N-dealkylation sites (N-methyl/N-ethyl adjacent to an activating group) is 1. The van der Waals surface area contributed by atoms with Crippen LogP contribution >= 0.6 is 11.3 Å². The van der Waals surface area contributed by atoms with Gasteiger partial charge in [0.1, 0.15) is 0 Å². The minimum absolute atomic E-state index is 0.183. The maximum atomic E-state index is 13.0. The smallest absolute Gasteiger partial charge is 0.242 e. The summed E-state index contributed by atoms with van der Waals surface area (Å²) in [5.41, 5.74) is 5.74. The second-order valence-corrected chi connectivity index (χ2v) is 9.20. The van der Waals surface area contributed by atoms with Crippen molar-refractivity contribution in [1.82, 2.24) is 14.8 Å². The first-order chi connectivity index (χ1) is 14.4. The third-order valence-electron chi connectivity index (χ3n) is 5.74. The molecule has 1 aliphatic rings. The van der Waals surface area contributed by atoms with Gasteiger partial charge in [-0.1, -0.05) is 44.7 Å². The normalized spacial score (nSPS) is 14.3. The number of carbonyl (C=O) groups is 1. The number of carbonyl (C=O) groups excluding carboxylic acids is 1. The van der Waals surface area contributed by atoms with E-state index in [-0.39, 0.29) is 5.91 Å². The van der Waals surface area contributed by atoms with Crippen molar-refractivity contribution in [1.29, 1.82) is 0 Å². The number of aromatic nitrogens is 1. The Balaban J connectivity index is 1.63. The molecule has 0 atom stereocenters. The zero-order valence-electron chi connectivity index (χ0n) is 18.7. The van der Waals surface area contributed by atoms with Crippen molar-refractivity contribution in [3.63, 3.8) is 0 Å². The predicted molar refractivity (Wildman–Crippen MR) is 127 cm³/mol. The van der Waals surface area contributed by atoms with E-state index in [0.29, 0.717) is 6.54 Å². The van der Waals surface area contributed by atoms with E-state index < -0.39 is 0 Å². The van der Waals surface area contributed by atoms with Gasteiger partial charge in [0.15, 0.2) is 0 Å². The summed E-state index contributed by atoms with van der Waals surface area (Å²) in [6.07, 6.45) is 5.76. The summed E-state index contributed by atoms with van der Waals surface area (Å²) >= 11 is 1.77. The van der Waals surface area contributed by atoms with Crippen LogP contribution in [0.25, 0.3) is 5.57 Å². The molecule has 0 unspecified atom stereocenters. The molecule has 0 saturated carbocycles. The Labute approximate surface area is 184 Å². The standard InChI is InChI=1S/C25H33N3OS/c1-6-20-9-8-10-21(16-20)18(3)15-22(7-2)27(5)17-25(29)28-13-11-23-24(12-14-28)30-19(4)26-23/h8-10,15-16H,3,6-7,11-14,17H2,1-2,4-5H3/b22-15-. The average Bonchev–Trinajstić information content (AvgIpc) is 2.99. The molecule has 0 aliphatic carbocycles. The van der Waals surface area contributed by atoms with Crippen LogP contribution in [0, 0.1) is 6.92 Å². The lowest BCUT2D eigenvalue weighted by molar-refractivity contribution is -0.131. The third kappa shape index (κ3) is 5.39. The first-order valence-corrected chi connectivity index (χ1v) is 11.7. The topological polar surface area (TPSA) is 36.4 Å². The van der Waals surface area contributed by atoms with E-state index in [0.717, 1.165) is 60.6 Å². The molecule has 1 aromatic carbocycles. The van der Waals surface area contributed by atoms with E-state index in [2.05, 4.69) is 67.6 Å². The van der Waals surface area contributed by atoms with Crippen molar-refractivity contribution in [3.8, 4) is 0 Å². The van der Waals surface area contributed by atoms with Gasteiger partial charge in [-0.3, -0.25) is 4.79 Å². The summed E-state index contributed by atoms with van der Waals surface area (Å²) in [5.74, 6) is 0.183. The number of hydrogen-bond donors (Lipinski definition) is 0. The Morgan fingerprint density at radius 1 is 1.30 bits per heavy atom. The number of nitrogens with zero attached hydrogens (tertiary/aromatic N) is 3. The van der Waals surface area contributed by atoms with Gasteiger partial charge in [0, 0.05) is 43.6 Å². The molecule has 2 aromatic rings. The third-order valence-corrected chi connectivity index (χ3v) is 6.81. The van der Waals surface area contributed by atoms with E-state index >= 15 is 0 Å². The number of amides is 1. The van der Waals surface area contributed by atoms with Crippen molar-refractivity contribution < 1.29 is 4.79 Å². The van der Waals surface area contributed by atoms with Crippen LogP contribution in [0.5, 0.6) is 0 Å². The molecule has 30 heavy (non-hydrogen) atoms. The number of thiazole rings is 1. The van der Waals surface area contributed by atoms with Crippen molar-refractivity contribution in [2.24, 2.45) is 0 Å². The van der Waals surface area contributed by atoms with E-state index in [4.69, 9.17) is 0 Å². The highest BCUT2D eigenvalue weighted by Gasteiger charge is 2.22. The Morgan fingerprint density at radius 2 is 2.07 bits per heavy atom. The van der Waals surface area contributed by atoms with Gasteiger partial charge in [-0.15, -0.1) is 11.3 Å². The Bertz CT molecular complexity index is 918. The van der Waals surface area contributed by atoms with Gasteiger partial charge in [-0.05, 0) is 42.5 Å². The number of aryl methyl sites for hydroxylation is 2. The van der Waals surface area contributed by atoms with Crippen LogP contribution < -0.4 is 0 Å². The van der Waals surface area contributed by atoms with Crippen molar-refractivity contribution in [2.75, 3.05) is 26.7 Å². The highest BCUT2D eigenvalue weighted by molar-refractivity contribution is 7.11. The highest BCUT2D eigenvalue weighted by Crippen LogP contribution is 2.23. The zero-order chi connectivity index (χ0) is 21.7. The molecule has 0 spiro atoms. The first kappa shape index (κ1) is 22.3. The molecule has 5 heteroatoms. The number of allylic oxidation sites excluding steroid dienone is 3. The van der Waals surface area contributed by atoms with Gasteiger partial charge in [-0.2, -0.15) is 0 Å². The van der Waals surface area contributed by atoms with E-state index in [9.17, 15) is 4.79 Å². The van der Waals surface area contributed by atoms with Crippen molar-refractivity contribution in [2.45, 2.75) is 46.5 Å². The molecule has 1 aliphatic heterocycles. The van der Waals surface area contributed by atoms with Crippen LogP contribution in [0.4, 0.5) is 0 Å². The fourth-order valence-electron chi connectivity index (χ4n) is 3.90. The molecule has 160 valence electrons. The summed E-state index contributed by atoms with van der Waals surface area (Å²) in [6.45, 7) is 12.5. The van der Waals surface area contributed by atoms with E-state index in [1.165, 1.54) is 16.1 Å². The van der Waals surface area contributed by atoms with E-state index in [1.54, 1.807) is 11.3 Å². The first-order valence-electron chi connectivity index (χ1n) is 10.8. The Morgan fingerprint density at radius 3 is 2.80 bits per heavy atom. The maximum Gasteiger partial charge on any atom is 0.242 e. The summed E-state index contributed by atoms with van der Waals surface area (Å²) in [6, 6.07) is 8.52. The van der Waals surface area contributed by atoms with Gasteiger partial charge in [0.25, 0.3) is 0 Å². The fourth-order valence-corrected chi connectivity index (χ4v) is 4.87. The molecule has 1 aromatic heterocycles. The van der Waals surface area contributed by atoms with Crippen molar-refractivity contribution in [3.05, 3.63) is 69.3 Å². The molecular weight excluding hydrogens is 390 g/mol. The summed E-state index contributed by atoms with van der Waals surface area (Å²) in [5, 5.41) is 1.13. The van der Waals surface area contributed by atoms with Gasteiger partial charge in [0.05, 0.1) is 17.2 Å². The summed E-state index contributed by atoms with van der Waals surface area (Å²) < 4.78 is 0. The number of hydrogen-bond acceptors (Lipinski definition) is 4. The van der Waals surface area contributed by atoms with Crippen LogP contribution in [0.3, 0.4) is 0 Å². The minimum Gasteiger partial charge on any atom is -0.369 e. The quantitative estimate of drug-likeness (QED) is 0.596. The molecule has 0 N–H and O–H groups in total. The lowest BCUT2D eigenvalue weighted by Crippen LogP contribution is -2.40. The summed E-state index contributed by atoms with van der Waals surface area (Å²) in [7, 11) is 2.00. The van der Waals surface area contributed by atoms with Crippen LogP contribution in [0.2, 0.25) is 0 Å². The molecule has 0 radical (unpaired) electrons. The lowest BCUT2D eigenvalue weighted by Gasteiger charge is -2.27. The summed E-state index contributed by atoms with van der Waals surface area (Å²) in [4.78, 5) is 23.0. The fraction of sp³-hybridized carbons (Fsp3) is 0.440. The van der Waals surface area contributed by atoms with Gasteiger partial charge < -0.3 is 9.80 Å². The lowest BCUT2D eigenvalue weighted by atomic mass is 10.0. The second-order valence-electron chi connectivity index (χ2n) is 7.91. The number of fused-ring (bicyclic) bond motifs is 1. The SMILES string of the molecule is C=C(/C=C(/CC)N(C)CC(=O)N1CCc2nc(C)sc2CC1)c1cccc(CC)c1. The van der Waals surface area contributed by atoms with Gasteiger partial charge in [0.2, 0.25) is 5.91 Å². The molecule has 4 nitrogen and oxygen atoms in total. The predicted octanol–water partition coefficient (Wildman–Crippen LogP) is 4.88. The minimum atomic E-state index is 0.183. The molecule has 0 bridgehead atoms.